The van der Waals surface area contributed by atoms with Crippen LogP contribution in [0.1, 0.15) is 22.3 Å². The average Bonchev–Trinajstić information content (AvgIpc) is 2.28. The summed E-state index contributed by atoms with van der Waals surface area (Å²) in [5.41, 5.74) is 3.88. The zero-order valence-electron chi connectivity index (χ0n) is 10.1. The van der Waals surface area contributed by atoms with Crippen molar-refractivity contribution in [3.8, 4) is 11.5 Å². The second kappa shape index (κ2) is 4.50. The highest BCUT2D eigenvalue weighted by molar-refractivity contribution is 5.44. The molecule has 0 atom stereocenters. The maximum absolute atomic E-state index is 9.77. The number of aryl methyl sites for hydroxylation is 2. The Morgan fingerprint density at radius 1 is 0.765 bits per heavy atom. The zero-order chi connectivity index (χ0) is 12.4. The van der Waals surface area contributed by atoms with Crippen LogP contribution in [0.3, 0.4) is 0 Å². The maximum Gasteiger partial charge on any atom is 0.119 e. The predicted octanol–water partition coefficient (Wildman–Crippen LogP) is 3.31. The molecule has 88 valence electrons. The van der Waals surface area contributed by atoms with Gasteiger partial charge in [0.1, 0.15) is 11.5 Å². The van der Waals surface area contributed by atoms with E-state index < -0.39 is 0 Å². The molecule has 0 unspecified atom stereocenters. The van der Waals surface area contributed by atoms with Gasteiger partial charge in [-0.25, -0.2) is 0 Å². The van der Waals surface area contributed by atoms with Crippen LogP contribution in [0, 0.1) is 13.8 Å². The standard InChI is InChI=1S/C15H16O2/c1-10-3-5-14(16)12(7-10)9-13-8-11(2)4-6-15(13)17/h3-8,16-17H,9H2,1-2H3. The van der Waals surface area contributed by atoms with E-state index in [1.807, 2.05) is 38.1 Å². The number of hydrogen-bond donors (Lipinski definition) is 2. The summed E-state index contributed by atoms with van der Waals surface area (Å²) >= 11 is 0. The van der Waals surface area contributed by atoms with Crippen LogP contribution in [0.15, 0.2) is 36.4 Å². The Labute approximate surface area is 101 Å². The summed E-state index contributed by atoms with van der Waals surface area (Å²) in [6.07, 6.45) is 0.543. The molecule has 0 fully saturated rings. The van der Waals surface area contributed by atoms with E-state index in [2.05, 4.69) is 0 Å². The Balaban J connectivity index is 2.37. The van der Waals surface area contributed by atoms with Crippen LogP contribution in [-0.2, 0) is 6.42 Å². The lowest BCUT2D eigenvalue weighted by atomic mass is 10.00. The molecule has 0 amide bonds. The highest BCUT2D eigenvalue weighted by Gasteiger charge is 2.06. The normalized spacial score (nSPS) is 10.5. The molecular formula is C15H16O2. The second-order valence-corrected chi connectivity index (χ2v) is 4.44. The topological polar surface area (TPSA) is 40.5 Å². The van der Waals surface area contributed by atoms with Gasteiger partial charge in [0.15, 0.2) is 0 Å². The van der Waals surface area contributed by atoms with Crippen molar-refractivity contribution in [1.29, 1.82) is 0 Å². The van der Waals surface area contributed by atoms with Gasteiger partial charge >= 0.3 is 0 Å². The van der Waals surface area contributed by atoms with E-state index >= 15 is 0 Å². The highest BCUT2D eigenvalue weighted by Crippen LogP contribution is 2.26. The molecule has 0 bridgehead atoms. The Morgan fingerprint density at radius 2 is 1.18 bits per heavy atom. The summed E-state index contributed by atoms with van der Waals surface area (Å²) in [5.74, 6) is 0.549. The van der Waals surface area contributed by atoms with Gasteiger partial charge in [0.25, 0.3) is 0 Å². The molecule has 0 radical (unpaired) electrons. The monoisotopic (exact) mass is 228 g/mol. The van der Waals surface area contributed by atoms with E-state index in [0.717, 1.165) is 22.3 Å². The van der Waals surface area contributed by atoms with Gasteiger partial charge in [-0.3, -0.25) is 0 Å². The average molecular weight is 228 g/mol. The lowest BCUT2D eigenvalue weighted by Gasteiger charge is -2.08. The van der Waals surface area contributed by atoms with Gasteiger partial charge in [-0.05, 0) is 37.1 Å². The van der Waals surface area contributed by atoms with Crippen molar-refractivity contribution in [1.82, 2.24) is 0 Å². The molecule has 17 heavy (non-hydrogen) atoms. The highest BCUT2D eigenvalue weighted by atomic mass is 16.3. The van der Waals surface area contributed by atoms with Gasteiger partial charge in [-0.15, -0.1) is 0 Å². The Morgan fingerprint density at radius 3 is 1.59 bits per heavy atom. The van der Waals surface area contributed by atoms with Crippen LogP contribution in [-0.4, -0.2) is 10.2 Å². The van der Waals surface area contributed by atoms with Crippen molar-refractivity contribution in [3.05, 3.63) is 58.7 Å². The molecule has 0 aliphatic carbocycles. The zero-order valence-corrected chi connectivity index (χ0v) is 10.1. The van der Waals surface area contributed by atoms with E-state index in [4.69, 9.17) is 0 Å². The first-order valence-corrected chi connectivity index (χ1v) is 5.63. The summed E-state index contributed by atoms with van der Waals surface area (Å²) in [4.78, 5) is 0. The van der Waals surface area contributed by atoms with Gasteiger partial charge in [0.05, 0.1) is 0 Å². The second-order valence-electron chi connectivity index (χ2n) is 4.44. The first-order chi connectivity index (χ1) is 8.06. The summed E-state index contributed by atoms with van der Waals surface area (Å²) in [6, 6.07) is 11.0. The van der Waals surface area contributed by atoms with Gasteiger partial charge in [0, 0.05) is 6.42 Å². The fourth-order valence-corrected chi connectivity index (χ4v) is 1.92. The Hall–Kier alpha value is -1.96. The third-order valence-electron chi connectivity index (χ3n) is 2.85. The van der Waals surface area contributed by atoms with Crippen molar-refractivity contribution >= 4 is 0 Å². The van der Waals surface area contributed by atoms with E-state index in [0.29, 0.717) is 6.42 Å². The Bertz CT molecular complexity index is 495. The molecule has 0 spiro atoms. The number of phenolic OH excluding ortho intramolecular Hbond substituents is 2. The third kappa shape index (κ3) is 2.59. The van der Waals surface area contributed by atoms with Crippen LogP contribution in [0.5, 0.6) is 11.5 Å². The van der Waals surface area contributed by atoms with Gasteiger partial charge < -0.3 is 10.2 Å². The fourth-order valence-electron chi connectivity index (χ4n) is 1.92. The summed E-state index contributed by atoms with van der Waals surface area (Å²) in [7, 11) is 0. The van der Waals surface area contributed by atoms with E-state index in [1.54, 1.807) is 12.1 Å². The van der Waals surface area contributed by atoms with Gasteiger partial charge in [-0.2, -0.15) is 0 Å². The lowest BCUT2D eigenvalue weighted by Crippen LogP contribution is -1.91. The first kappa shape index (κ1) is 11.5. The van der Waals surface area contributed by atoms with Gasteiger partial charge in [-0.1, -0.05) is 35.4 Å². The molecule has 0 saturated heterocycles. The molecule has 2 nitrogen and oxygen atoms in total. The molecule has 0 saturated carbocycles. The maximum atomic E-state index is 9.77. The van der Waals surface area contributed by atoms with Crippen LogP contribution in [0.2, 0.25) is 0 Å². The van der Waals surface area contributed by atoms with E-state index in [1.165, 1.54) is 0 Å². The predicted molar refractivity (Wildman–Crippen MR) is 68.5 cm³/mol. The number of benzene rings is 2. The molecule has 2 heteroatoms. The van der Waals surface area contributed by atoms with Crippen molar-refractivity contribution in [3.63, 3.8) is 0 Å². The molecule has 0 aliphatic heterocycles. The number of phenols is 2. The minimum atomic E-state index is 0.275. The minimum Gasteiger partial charge on any atom is -0.508 e. The van der Waals surface area contributed by atoms with Crippen molar-refractivity contribution in [2.75, 3.05) is 0 Å². The summed E-state index contributed by atoms with van der Waals surface area (Å²) in [5, 5.41) is 19.5. The fraction of sp³-hybridized carbons (Fsp3) is 0.200. The molecule has 0 heterocycles. The number of hydrogen-bond acceptors (Lipinski definition) is 2. The van der Waals surface area contributed by atoms with Crippen LogP contribution in [0.25, 0.3) is 0 Å². The molecule has 0 aromatic heterocycles. The molecule has 2 rings (SSSR count). The molecule has 2 N–H and O–H groups in total. The molecule has 2 aromatic carbocycles. The summed E-state index contributed by atoms with van der Waals surface area (Å²) < 4.78 is 0. The number of rotatable bonds is 2. The quantitative estimate of drug-likeness (QED) is 0.828. The van der Waals surface area contributed by atoms with E-state index in [9.17, 15) is 10.2 Å². The van der Waals surface area contributed by atoms with Crippen LogP contribution >= 0.6 is 0 Å². The summed E-state index contributed by atoms with van der Waals surface area (Å²) in [6.45, 7) is 3.97. The smallest absolute Gasteiger partial charge is 0.119 e. The Kier molecular flexibility index (Phi) is 3.05. The third-order valence-corrected chi connectivity index (χ3v) is 2.85. The molecule has 2 aromatic rings. The minimum absolute atomic E-state index is 0.275. The first-order valence-electron chi connectivity index (χ1n) is 5.63. The SMILES string of the molecule is Cc1ccc(O)c(Cc2cc(C)ccc2O)c1. The van der Waals surface area contributed by atoms with Crippen LogP contribution < -0.4 is 0 Å². The van der Waals surface area contributed by atoms with Crippen molar-refractivity contribution in [2.45, 2.75) is 20.3 Å². The van der Waals surface area contributed by atoms with Crippen molar-refractivity contribution in [2.24, 2.45) is 0 Å². The number of aromatic hydroxyl groups is 2. The van der Waals surface area contributed by atoms with Gasteiger partial charge in [0.2, 0.25) is 0 Å². The van der Waals surface area contributed by atoms with Crippen LogP contribution in [0.4, 0.5) is 0 Å². The molecular weight excluding hydrogens is 212 g/mol. The van der Waals surface area contributed by atoms with E-state index in [-0.39, 0.29) is 11.5 Å². The molecule has 0 aliphatic rings. The lowest BCUT2D eigenvalue weighted by molar-refractivity contribution is 0.462. The van der Waals surface area contributed by atoms with Crippen molar-refractivity contribution < 1.29 is 10.2 Å². The largest absolute Gasteiger partial charge is 0.508 e.